The van der Waals surface area contributed by atoms with Crippen LogP contribution in [0.2, 0.25) is 0 Å². The summed E-state index contributed by atoms with van der Waals surface area (Å²) in [6, 6.07) is 7.19. The first-order valence-electron chi connectivity index (χ1n) is 2.61. The molecule has 0 aromatic heterocycles. The molecule has 0 bridgehead atoms. The Balaban J connectivity index is 0.000001000. The van der Waals surface area contributed by atoms with E-state index < -0.39 is 10.1 Å². The fraction of sp³-hybridized carbons (Fsp3) is 0. The molecule has 1 aromatic rings. The first-order chi connectivity index (χ1) is 4.61. The fourth-order valence-corrected chi connectivity index (χ4v) is 1.08. The van der Waals surface area contributed by atoms with Gasteiger partial charge in [-0.05, 0) is 12.1 Å². The molecular weight excluding hydrogens is 159 g/mol. The van der Waals surface area contributed by atoms with E-state index in [1.807, 2.05) is 0 Å². The number of hydrogen-bond acceptors (Lipinski definition) is 3. The second kappa shape index (κ2) is 3.93. The minimum absolute atomic E-state index is 0. The first kappa shape index (κ1) is 10.7. The van der Waals surface area contributed by atoms with Gasteiger partial charge in [0.25, 0.3) is 0 Å². The second-order valence-corrected chi connectivity index (χ2v) is 3.15. The largest absolute Gasteiger partial charge is 1.00 e. The Labute approximate surface area is 77.4 Å². The van der Waals surface area contributed by atoms with Crippen molar-refractivity contribution in [2.24, 2.45) is 0 Å². The molecule has 0 aliphatic rings. The van der Waals surface area contributed by atoms with Gasteiger partial charge in [0.2, 0.25) is 0 Å². The molecule has 0 unspecified atom stereocenters. The van der Waals surface area contributed by atoms with E-state index in [0.717, 1.165) is 0 Å². The fourth-order valence-electron chi connectivity index (χ4n) is 0.587. The molecule has 0 amide bonds. The molecule has 0 spiro atoms. The quantitative estimate of drug-likeness (QED) is 0.343. The van der Waals surface area contributed by atoms with Gasteiger partial charge in [0, 0.05) is 0 Å². The summed E-state index contributed by atoms with van der Waals surface area (Å²) in [6.07, 6.45) is 0. The van der Waals surface area contributed by atoms with Crippen molar-refractivity contribution in [3.63, 3.8) is 0 Å². The Hall–Kier alpha value is -0.273. The van der Waals surface area contributed by atoms with E-state index in [4.69, 9.17) is 0 Å². The molecule has 11 heavy (non-hydrogen) atoms. The van der Waals surface area contributed by atoms with E-state index in [1.165, 1.54) is 24.3 Å². The maximum Gasteiger partial charge on any atom is 1.00 e. The van der Waals surface area contributed by atoms with Crippen LogP contribution in [0.15, 0.2) is 35.2 Å². The van der Waals surface area contributed by atoms with Crippen molar-refractivity contribution in [1.29, 1.82) is 0 Å². The molecular formula is C6H5LiO3S. The molecule has 0 heterocycles. The van der Waals surface area contributed by atoms with Crippen molar-refractivity contribution in [2.45, 2.75) is 4.90 Å². The van der Waals surface area contributed by atoms with Crippen molar-refractivity contribution in [2.75, 3.05) is 0 Å². The summed E-state index contributed by atoms with van der Waals surface area (Å²) in [5.74, 6) is 0. The van der Waals surface area contributed by atoms with E-state index in [1.54, 1.807) is 6.07 Å². The molecule has 0 atom stereocenters. The van der Waals surface area contributed by atoms with E-state index in [2.05, 4.69) is 0 Å². The van der Waals surface area contributed by atoms with Gasteiger partial charge in [-0.3, -0.25) is 0 Å². The van der Waals surface area contributed by atoms with Crippen LogP contribution in [0.1, 0.15) is 0 Å². The summed E-state index contributed by atoms with van der Waals surface area (Å²) >= 11 is 0. The maximum absolute atomic E-state index is 10.3. The zero-order valence-electron chi connectivity index (χ0n) is 6.02. The van der Waals surface area contributed by atoms with Gasteiger partial charge < -0.3 is 4.55 Å². The van der Waals surface area contributed by atoms with Crippen LogP contribution < -0.4 is 18.9 Å². The van der Waals surface area contributed by atoms with Crippen LogP contribution >= 0.6 is 0 Å². The summed E-state index contributed by atoms with van der Waals surface area (Å²) < 4.78 is 30.8. The molecule has 0 saturated carbocycles. The molecule has 1 aromatic carbocycles. The molecule has 0 fully saturated rings. The third kappa shape index (κ3) is 3.08. The SMILES string of the molecule is O=S(=O)([O-])c1ccccc1.[Li+]. The van der Waals surface area contributed by atoms with Gasteiger partial charge >= 0.3 is 18.9 Å². The standard InChI is InChI=1S/C6H6O3S.Li/c7-10(8,9)6-4-2-1-3-5-6;/h1-5H,(H,7,8,9);/q;+1/p-1. The smallest absolute Gasteiger partial charge is 0.744 e. The van der Waals surface area contributed by atoms with Gasteiger partial charge in [-0.1, -0.05) is 18.2 Å². The van der Waals surface area contributed by atoms with E-state index >= 15 is 0 Å². The Kier molecular flexibility index (Phi) is 3.83. The van der Waals surface area contributed by atoms with Crippen LogP contribution in [-0.4, -0.2) is 13.0 Å². The molecule has 5 heteroatoms. The zero-order chi connectivity index (χ0) is 7.61. The number of benzene rings is 1. The minimum Gasteiger partial charge on any atom is -0.744 e. The van der Waals surface area contributed by atoms with Crippen LogP contribution in [0.5, 0.6) is 0 Å². The van der Waals surface area contributed by atoms with Crippen LogP contribution in [0.4, 0.5) is 0 Å². The summed E-state index contributed by atoms with van der Waals surface area (Å²) in [7, 11) is -4.25. The third-order valence-electron chi connectivity index (χ3n) is 1.03. The first-order valence-corrected chi connectivity index (χ1v) is 4.02. The van der Waals surface area contributed by atoms with Crippen molar-refractivity contribution in [3.05, 3.63) is 30.3 Å². The van der Waals surface area contributed by atoms with E-state index in [-0.39, 0.29) is 23.8 Å². The molecule has 3 nitrogen and oxygen atoms in total. The molecule has 1 rings (SSSR count). The van der Waals surface area contributed by atoms with Crippen molar-refractivity contribution in [3.8, 4) is 0 Å². The van der Waals surface area contributed by atoms with Gasteiger partial charge in [-0.2, -0.15) is 0 Å². The van der Waals surface area contributed by atoms with Crippen LogP contribution in [0.25, 0.3) is 0 Å². The molecule has 0 saturated heterocycles. The second-order valence-electron chi connectivity index (χ2n) is 1.77. The third-order valence-corrected chi connectivity index (χ3v) is 1.88. The molecule has 0 aliphatic heterocycles. The Morgan fingerprint density at radius 3 is 1.82 bits per heavy atom. The normalized spacial score (nSPS) is 10.3. The van der Waals surface area contributed by atoms with Crippen molar-refractivity contribution >= 4 is 10.1 Å². The predicted octanol–water partition coefficient (Wildman–Crippen LogP) is -2.41. The molecule has 0 N–H and O–H groups in total. The van der Waals surface area contributed by atoms with Crippen LogP contribution in [0, 0.1) is 0 Å². The summed E-state index contributed by atoms with van der Waals surface area (Å²) in [5.41, 5.74) is 0. The predicted molar refractivity (Wildman–Crippen MR) is 34.4 cm³/mol. The molecule has 0 radical (unpaired) electrons. The number of rotatable bonds is 1. The average molecular weight is 164 g/mol. The van der Waals surface area contributed by atoms with Gasteiger partial charge in [-0.25, -0.2) is 8.42 Å². The Morgan fingerprint density at radius 2 is 1.55 bits per heavy atom. The van der Waals surface area contributed by atoms with Gasteiger partial charge in [0.05, 0.1) is 4.90 Å². The summed E-state index contributed by atoms with van der Waals surface area (Å²) in [4.78, 5) is -0.185. The van der Waals surface area contributed by atoms with Gasteiger partial charge in [0.1, 0.15) is 10.1 Å². The molecule has 0 aliphatic carbocycles. The Morgan fingerprint density at radius 1 is 1.09 bits per heavy atom. The maximum atomic E-state index is 10.3. The van der Waals surface area contributed by atoms with Crippen molar-refractivity contribution < 1.29 is 31.8 Å². The summed E-state index contributed by atoms with van der Waals surface area (Å²) in [5, 5.41) is 0. The average Bonchev–Trinajstić information content (AvgIpc) is 1.88. The monoisotopic (exact) mass is 164 g/mol. The van der Waals surface area contributed by atoms with Gasteiger partial charge in [-0.15, -0.1) is 0 Å². The number of hydrogen-bond donors (Lipinski definition) is 0. The topological polar surface area (TPSA) is 57.2 Å². The summed E-state index contributed by atoms with van der Waals surface area (Å²) in [6.45, 7) is 0. The van der Waals surface area contributed by atoms with Crippen LogP contribution in [-0.2, 0) is 10.1 Å². The van der Waals surface area contributed by atoms with Crippen molar-refractivity contribution in [1.82, 2.24) is 0 Å². The Bertz CT molecular complexity index is 306. The van der Waals surface area contributed by atoms with E-state index in [0.29, 0.717) is 0 Å². The molecule has 54 valence electrons. The van der Waals surface area contributed by atoms with E-state index in [9.17, 15) is 13.0 Å². The zero-order valence-corrected chi connectivity index (χ0v) is 6.84. The minimum atomic E-state index is -4.25. The van der Waals surface area contributed by atoms with Gasteiger partial charge in [0.15, 0.2) is 0 Å². The van der Waals surface area contributed by atoms with Crippen LogP contribution in [0.3, 0.4) is 0 Å².